The Morgan fingerprint density at radius 1 is 1.08 bits per heavy atom. The Bertz CT molecular complexity index is 950. The Kier molecular flexibility index (Phi) is 15.4. The molecule has 0 spiro atoms. The van der Waals surface area contributed by atoms with Gasteiger partial charge in [0.25, 0.3) is 0 Å². The van der Waals surface area contributed by atoms with Crippen LogP contribution in [0.25, 0.3) is 0 Å². The van der Waals surface area contributed by atoms with Gasteiger partial charge in [0.05, 0.1) is 0 Å². The van der Waals surface area contributed by atoms with Gasteiger partial charge < -0.3 is 0 Å². The number of hydrogen-bond acceptors (Lipinski definition) is 0. The molecular weight excluding hydrogens is 468 g/mol. The van der Waals surface area contributed by atoms with Crippen LogP contribution in [0.2, 0.25) is 0 Å². The molecule has 0 aromatic carbocycles. The largest absolute Gasteiger partial charge is 0.103 e. The van der Waals surface area contributed by atoms with Crippen molar-refractivity contribution < 1.29 is 0 Å². The molecule has 220 valence electrons. The maximum atomic E-state index is 4.47. The van der Waals surface area contributed by atoms with Crippen LogP contribution in [0.4, 0.5) is 0 Å². The number of allylic oxidation sites excluding steroid dienone is 12. The highest BCUT2D eigenvalue weighted by Gasteiger charge is 2.40. The van der Waals surface area contributed by atoms with Crippen molar-refractivity contribution in [2.24, 2.45) is 29.1 Å². The van der Waals surface area contributed by atoms with Crippen LogP contribution in [0.15, 0.2) is 82.5 Å². The fraction of sp³-hybridized carbons (Fsp3) is 0.641. The standard InChI is InChI=1S/C39H64/c1-14-17-23-34(22-15-2)38(39(13,16-3)27-28(4)5)35(29(6)7)26-32(12)37(36(30(8)9)31(10)11)33-24-20-18-19-21-25-33/h16,18,20,22,24,28-29,35,38H,3,8,14-15,17,19,21,23,25-27H2,1-2,4-7,9-13H3. The van der Waals surface area contributed by atoms with E-state index in [1.54, 1.807) is 5.57 Å². The third-order valence-electron chi connectivity index (χ3n) is 8.71. The summed E-state index contributed by atoms with van der Waals surface area (Å²) in [5, 5.41) is 0. The zero-order valence-corrected chi connectivity index (χ0v) is 28.0. The zero-order chi connectivity index (χ0) is 29.8. The number of rotatable bonds is 16. The van der Waals surface area contributed by atoms with Gasteiger partial charge in [0, 0.05) is 0 Å². The normalized spacial score (nSPS) is 18.2. The third kappa shape index (κ3) is 10.3. The Morgan fingerprint density at radius 3 is 2.23 bits per heavy atom. The lowest BCUT2D eigenvalue weighted by Gasteiger charge is -2.45. The van der Waals surface area contributed by atoms with Crippen LogP contribution >= 0.6 is 0 Å². The Morgan fingerprint density at radius 2 is 1.74 bits per heavy atom. The maximum absolute atomic E-state index is 4.47. The summed E-state index contributed by atoms with van der Waals surface area (Å²) in [5.74, 6) is 2.24. The second-order valence-corrected chi connectivity index (χ2v) is 13.5. The summed E-state index contributed by atoms with van der Waals surface area (Å²) in [5.41, 5.74) is 10.2. The molecule has 0 radical (unpaired) electrons. The second kappa shape index (κ2) is 17.1. The van der Waals surface area contributed by atoms with E-state index in [1.807, 2.05) is 0 Å². The van der Waals surface area contributed by atoms with E-state index >= 15 is 0 Å². The highest BCUT2D eigenvalue weighted by Crippen LogP contribution is 2.50. The smallest absolute Gasteiger partial charge is 0.00785 e. The van der Waals surface area contributed by atoms with E-state index in [0.29, 0.717) is 23.7 Å². The van der Waals surface area contributed by atoms with Crippen LogP contribution in [0.5, 0.6) is 0 Å². The summed E-state index contributed by atoms with van der Waals surface area (Å²) < 4.78 is 0. The molecule has 3 unspecified atom stereocenters. The van der Waals surface area contributed by atoms with Gasteiger partial charge in [-0.2, -0.15) is 0 Å². The highest BCUT2D eigenvalue weighted by atomic mass is 14.4. The lowest BCUT2D eigenvalue weighted by Crippen LogP contribution is -2.37. The molecular formula is C39H64. The maximum Gasteiger partial charge on any atom is -0.00785 e. The van der Waals surface area contributed by atoms with E-state index in [0.717, 1.165) is 25.7 Å². The first-order valence-corrected chi connectivity index (χ1v) is 16.1. The molecule has 1 aliphatic rings. The molecule has 0 nitrogen and oxygen atoms in total. The molecule has 0 N–H and O–H groups in total. The lowest BCUT2D eigenvalue weighted by atomic mass is 9.59. The van der Waals surface area contributed by atoms with E-state index in [1.165, 1.54) is 65.5 Å². The predicted molar refractivity (Wildman–Crippen MR) is 179 cm³/mol. The summed E-state index contributed by atoms with van der Waals surface area (Å²) in [7, 11) is 0. The van der Waals surface area contributed by atoms with Crippen molar-refractivity contribution in [2.45, 2.75) is 134 Å². The van der Waals surface area contributed by atoms with Crippen molar-refractivity contribution in [1.29, 1.82) is 0 Å². The quantitative estimate of drug-likeness (QED) is 0.137. The fourth-order valence-electron chi connectivity index (χ4n) is 7.15. The van der Waals surface area contributed by atoms with E-state index in [9.17, 15) is 0 Å². The van der Waals surface area contributed by atoms with Crippen molar-refractivity contribution in [2.75, 3.05) is 0 Å². The monoisotopic (exact) mass is 533 g/mol. The van der Waals surface area contributed by atoms with Crippen molar-refractivity contribution in [3.63, 3.8) is 0 Å². The second-order valence-electron chi connectivity index (χ2n) is 13.5. The first-order valence-electron chi connectivity index (χ1n) is 16.1. The van der Waals surface area contributed by atoms with E-state index in [4.69, 9.17) is 0 Å². The first-order chi connectivity index (χ1) is 18.3. The topological polar surface area (TPSA) is 0 Å². The van der Waals surface area contributed by atoms with Gasteiger partial charge in [-0.15, -0.1) is 6.58 Å². The lowest BCUT2D eigenvalue weighted by molar-refractivity contribution is 0.135. The van der Waals surface area contributed by atoms with Gasteiger partial charge in [0.15, 0.2) is 0 Å². The van der Waals surface area contributed by atoms with Gasteiger partial charge in [-0.25, -0.2) is 0 Å². The molecule has 0 heterocycles. The van der Waals surface area contributed by atoms with Crippen LogP contribution in [-0.2, 0) is 0 Å². The van der Waals surface area contributed by atoms with Gasteiger partial charge >= 0.3 is 0 Å². The van der Waals surface area contributed by atoms with Crippen molar-refractivity contribution >= 4 is 0 Å². The van der Waals surface area contributed by atoms with E-state index in [-0.39, 0.29) is 5.41 Å². The van der Waals surface area contributed by atoms with Crippen LogP contribution in [0, 0.1) is 29.1 Å². The zero-order valence-electron chi connectivity index (χ0n) is 28.0. The average molecular weight is 533 g/mol. The molecule has 0 aliphatic heterocycles. The third-order valence-corrected chi connectivity index (χ3v) is 8.71. The molecule has 0 fully saturated rings. The van der Waals surface area contributed by atoms with Gasteiger partial charge in [0.1, 0.15) is 0 Å². The molecule has 0 bridgehead atoms. The highest BCUT2D eigenvalue weighted by molar-refractivity contribution is 5.59. The molecule has 0 amide bonds. The average Bonchev–Trinajstić information content (AvgIpc) is 3.13. The molecule has 0 saturated heterocycles. The predicted octanol–water partition coefficient (Wildman–Crippen LogP) is 12.9. The van der Waals surface area contributed by atoms with Crippen molar-refractivity contribution in [3.05, 3.63) is 82.5 Å². The van der Waals surface area contributed by atoms with Gasteiger partial charge in [-0.05, 0) is 125 Å². The summed E-state index contributed by atoms with van der Waals surface area (Å²) in [4.78, 5) is 0. The molecule has 1 aliphatic carbocycles. The fourth-order valence-corrected chi connectivity index (χ4v) is 7.15. The van der Waals surface area contributed by atoms with E-state index in [2.05, 4.69) is 120 Å². The summed E-state index contributed by atoms with van der Waals surface area (Å²) >= 11 is 0. The van der Waals surface area contributed by atoms with Crippen molar-refractivity contribution in [3.8, 4) is 0 Å². The number of hydrogen-bond donors (Lipinski definition) is 0. The molecule has 0 saturated carbocycles. The Labute approximate surface area is 245 Å². The molecule has 0 heteroatoms. The minimum atomic E-state index is 0.0658. The first kappa shape index (κ1) is 35.2. The Balaban J connectivity index is 3.94. The SMILES string of the molecule is C=CC(C)(CC(C)C)C(C(=CCC)CCCC)C(CC(C)=C(C1=CC=CCCC1)C(C(=C)C)=C(C)C)C(C)C. The number of unbranched alkanes of at least 4 members (excludes halogenated alkanes) is 1. The molecule has 3 atom stereocenters. The summed E-state index contributed by atoms with van der Waals surface area (Å²) in [6, 6.07) is 0. The van der Waals surface area contributed by atoms with Gasteiger partial charge in [-0.1, -0.05) is 114 Å². The molecule has 0 aromatic rings. The minimum Gasteiger partial charge on any atom is -0.103 e. The molecule has 1 rings (SSSR count). The molecule has 0 aromatic heterocycles. The van der Waals surface area contributed by atoms with Crippen LogP contribution in [0.1, 0.15) is 134 Å². The molecule has 39 heavy (non-hydrogen) atoms. The Hall–Kier alpha value is -1.82. The summed E-state index contributed by atoms with van der Waals surface area (Å²) in [6.45, 7) is 34.9. The van der Waals surface area contributed by atoms with Crippen LogP contribution in [-0.4, -0.2) is 0 Å². The van der Waals surface area contributed by atoms with Gasteiger partial charge in [0.2, 0.25) is 0 Å². The van der Waals surface area contributed by atoms with Crippen LogP contribution < -0.4 is 0 Å². The van der Waals surface area contributed by atoms with Gasteiger partial charge in [-0.3, -0.25) is 0 Å². The van der Waals surface area contributed by atoms with Crippen molar-refractivity contribution in [1.82, 2.24) is 0 Å². The minimum absolute atomic E-state index is 0.0658. The van der Waals surface area contributed by atoms with E-state index < -0.39 is 0 Å². The van der Waals surface area contributed by atoms with Crippen LogP contribution in [0.3, 0.4) is 0 Å². The summed E-state index contributed by atoms with van der Waals surface area (Å²) in [6.07, 6.45) is 22.5.